The zero-order valence-electron chi connectivity index (χ0n) is 19.0. The van der Waals surface area contributed by atoms with Gasteiger partial charge in [-0.3, -0.25) is 9.59 Å². The molecule has 1 saturated carbocycles. The van der Waals surface area contributed by atoms with Crippen molar-refractivity contribution in [2.75, 3.05) is 25.0 Å². The molecule has 5 nitrogen and oxygen atoms in total. The second kappa shape index (κ2) is 9.62. The molecule has 1 saturated heterocycles. The highest BCUT2D eigenvalue weighted by molar-refractivity contribution is 5.92. The predicted octanol–water partition coefficient (Wildman–Crippen LogP) is 4.42. The number of aryl methyl sites for hydroxylation is 1. The second-order valence-electron chi connectivity index (χ2n) is 10.1. The molecule has 170 valence electrons. The molecule has 1 aliphatic carbocycles. The molecular formula is C27H35N3O2. The van der Waals surface area contributed by atoms with E-state index in [0.717, 1.165) is 64.0 Å². The number of pyridine rings is 1. The van der Waals surface area contributed by atoms with Crippen LogP contribution < -0.4 is 10.9 Å². The number of aromatic nitrogens is 1. The van der Waals surface area contributed by atoms with Crippen LogP contribution in [-0.4, -0.2) is 35.0 Å². The van der Waals surface area contributed by atoms with E-state index in [1.165, 1.54) is 24.8 Å². The van der Waals surface area contributed by atoms with Crippen LogP contribution in [0.2, 0.25) is 0 Å². The minimum Gasteiger partial charge on any atom is -0.321 e. The van der Waals surface area contributed by atoms with Gasteiger partial charge in [0.2, 0.25) is 5.91 Å². The minimum atomic E-state index is -0.0149. The lowest BCUT2D eigenvalue weighted by Crippen LogP contribution is -2.47. The highest BCUT2D eigenvalue weighted by Gasteiger charge is 2.35. The predicted molar refractivity (Wildman–Crippen MR) is 128 cm³/mol. The van der Waals surface area contributed by atoms with Gasteiger partial charge in [0, 0.05) is 37.2 Å². The van der Waals surface area contributed by atoms with Crippen LogP contribution in [0.15, 0.2) is 47.3 Å². The van der Waals surface area contributed by atoms with E-state index in [9.17, 15) is 9.59 Å². The first kappa shape index (κ1) is 21.4. The molecule has 0 radical (unpaired) electrons. The van der Waals surface area contributed by atoms with Gasteiger partial charge in [-0.15, -0.1) is 0 Å². The third kappa shape index (κ3) is 4.68. The van der Waals surface area contributed by atoms with Crippen LogP contribution >= 0.6 is 0 Å². The Hall–Kier alpha value is -2.40. The fourth-order valence-corrected chi connectivity index (χ4v) is 6.07. The number of fused-ring (bicyclic) bond motifs is 4. The van der Waals surface area contributed by atoms with Crippen molar-refractivity contribution < 1.29 is 4.79 Å². The van der Waals surface area contributed by atoms with Gasteiger partial charge < -0.3 is 14.8 Å². The van der Waals surface area contributed by atoms with Crippen molar-refractivity contribution in [2.24, 2.45) is 11.8 Å². The summed E-state index contributed by atoms with van der Waals surface area (Å²) in [6.45, 7) is 3.98. The highest BCUT2D eigenvalue weighted by Crippen LogP contribution is 2.35. The lowest BCUT2D eigenvalue weighted by atomic mass is 9.83. The molecule has 1 N–H and O–H groups in total. The Kier molecular flexibility index (Phi) is 6.44. The first-order valence-electron chi connectivity index (χ1n) is 12.5. The standard InChI is InChI=1S/C27H35N3O2/c31-26(22-11-5-2-6-12-22)28-24-13-14-25-23-16-21(18-30(25)27(24)32)17-29(19-23)15-7-10-20-8-3-1-4-9-20/h1,3-4,8-9,13-14,21-23H,2,5-7,10-12,15-19H2,(H,28,31). The highest BCUT2D eigenvalue weighted by atomic mass is 16.2. The topological polar surface area (TPSA) is 54.3 Å². The molecule has 2 atom stereocenters. The Morgan fingerprint density at radius 3 is 2.59 bits per heavy atom. The second-order valence-corrected chi connectivity index (χ2v) is 10.1. The van der Waals surface area contributed by atoms with Crippen molar-refractivity contribution in [3.05, 3.63) is 64.1 Å². The van der Waals surface area contributed by atoms with E-state index < -0.39 is 0 Å². The van der Waals surface area contributed by atoms with Gasteiger partial charge in [-0.1, -0.05) is 49.6 Å². The van der Waals surface area contributed by atoms with Gasteiger partial charge in [-0.25, -0.2) is 0 Å². The summed E-state index contributed by atoms with van der Waals surface area (Å²) < 4.78 is 1.95. The van der Waals surface area contributed by atoms with Gasteiger partial charge in [-0.2, -0.15) is 0 Å². The molecule has 3 aliphatic rings. The zero-order valence-corrected chi connectivity index (χ0v) is 19.0. The van der Waals surface area contributed by atoms with E-state index in [0.29, 0.717) is 17.5 Å². The number of nitrogens with one attached hydrogen (secondary N) is 1. The number of anilines is 1. The van der Waals surface area contributed by atoms with Crippen molar-refractivity contribution in [3.8, 4) is 0 Å². The molecule has 2 aromatic rings. The lowest BCUT2D eigenvalue weighted by molar-refractivity contribution is -0.120. The van der Waals surface area contributed by atoms with E-state index in [2.05, 4.69) is 46.6 Å². The third-order valence-corrected chi connectivity index (χ3v) is 7.70. The van der Waals surface area contributed by atoms with Crippen molar-refractivity contribution >= 4 is 11.6 Å². The van der Waals surface area contributed by atoms with Gasteiger partial charge in [0.1, 0.15) is 5.69 Å². The quantitative estimate of drug-likeness (QED) is 0.734. The van der Waals surface area contributed by atoms with Gasteiger partial charge in [0.15, 0.2) is 0 Å². The molecule has 32 heavy (non-hydrogen) atoms. The van der Waals surface area contributed by atoms with E-state index in [1.54, 1.807) is 0 Å². The Balaban J connectivity index is 1.23. The molecule has 2 unspecified atom stereocenters. The van der Waals surface area contributed by atoms with Crippen LogP contribution in [0, 0.1) is 11.8 Å². The average molecular weight is 434 g/mol. The number of likely N-dealkylation sites (tertiary alicyclic amines) is 1. The van der Waals surface area contributed by atoms with Crippen molar-refractivity contribution in [1.29, 1.82) is 0 Å². The fraction of sp³-hybridized carbons (Fsp3) is 0.556. The summed E-state index contributed by atoms with van der Waals surface area (Å²) in [5, 5.41) is 2.97. The molecular weight excluding hydrogens is 398 g/mol. The number of benzene rings is 1. The smallest absolute Gasteiger partial charge is 0.274 e. The van der Waals surface area contributed by atoms with Crippen LogP contribution in [0.4, 0.5) is 5.69 Å². The molecule has 1 aromatic heterocycles. The van der Waals surface area contributed by atoms with Gasteiger partial charge in [0.05, 0.1) is 0 Å². The molecule has 5 rings (SSSR count). The first-order valence-corrected chi connectivity index (χ1v) is 12.5. The Bertz CT molecular complexity index is 994. The molecule has 1 amide bonds. The molecule has 2 aliphatic heterocycles. The zero-order chi connectivity index (χ0) is 21.9. The maximum atomic E-state index is 13.2. The van der Waals surface area contributed by atoms with Crippen molar-refractivity contribution in [3.63, 3.8) is 0 Å². The summed E-state index contributed by atoms with van der Waals surface area (Å²) in [7, 11) is 0. The fourth-order valence-electron chi connectivity index (χ4n) is 6.07. The average Bonchev–Trinajstić information content (AvgIpc) is 2.82. The normalized spacial score (nSPS) is 23.5. The summed E-state index contributed by atoms with van der Waals surface area (Å²) in [6, 6.07) is 14.6. The maximum absolute atomic E-state index is 13.2. The van der Waals surface area contributed by atoms with Crippen LogP contribution in [0.3, 0.4) is 0 Å². The Morgan fingerprint density at radius 2 is 1.78 bits per heavy atom. The van der Waals surface area contributed by atoms with Gasteiger partial charge in [0.25, 0.3) is 5.56 Å². The first-order chi connectivity index (χ1) is 15.7. The summed E-state index contributed by atoms with van der Waals surface area (Å²) in [4.78, 5) is 28.5. The van der Waals surface area contributed by atoms with E-state index in [4.69, 9.17) is 0 Å². The molecule has 5 heteroatoms. The van der Waals surface area contributed by atoms with Crippen molar-refractivity contribution in [1.82, 2.24) is 9.47 Å². The number of carbonyl (C=O) groups excluding carboxylic acids is 1. The van der Waals surface area contributed by atoms with Gasteiger partial charge in [-0.05, 0) is 62.3 Å². The number of hydrogen-bond acceptors (Lipinski definition) is 3. The molecule has 2 fully saturated rings. The SMILES string of the molecule is O=C(Nc1ccc2n(c1=O)CC1CC2CN(CCCc2ccccc2)C1)C1CCCCC1. The number of hydrogen-bond donors (Lipinski definition) is 1. The maximum Gasteiger partial charge on any atom is 0.274 e. The lowest BCUT2D eigenvalue weighted by Gasteiger charge is -2.43. The van der Waals surface area contributed by atoms with Gasteiger partial charge >= 0.3 is 0 Å². The van der Waals surface area contributed by atoms with Crippen LogP contribution in [0.25, 0.3) is 0 Å². The summed E-state index contributed by atoms with van der Waals surface area (Å²) in [5.74, 6) is 1.02. The van der Waals surface area contributed by atoms with Crippen LogP contribution in [0.5, 0.6) is 0 Å². The number of piperidine rings is 1. The van der Waals surface area contributed by atoms with E-state index in [-0.39, 0.29) is 17.4 Å². The van der Waals surface area contributed by atoms with E-state index >= 15 is 0 Å². The summed E-state index contributed by atoms with van der Waals surface area (Å²) in [5.41, 5.74) is 3.00. The molecule has 0 spiro atoms. The van der Waals surface area contributed by atoms with Crippen LogP contribution in [-0.2, 0) is 17.8 Å². The molecule has 3 heterocycles. The van der Waals surface area contributed by atoms with E-state index in [1.807, 2.05) is 10.6 Å². The number of carbonyl (C=O) groups is 1. The van der Waals surface area contributed by atoms with Crippen molar-refractivity contribution in [2.45, 2.75) is 63.8 Å². The molecule has 1 aromatic carbocycles. The minimum absolute atomic E-state index is 0.0149. The number of amides is 1. The van der Waals surface area contributed by atoms with Crippen LogP contribution in [0.1, 0.15) is 62.1 Å². The number of rotatable bonds is 6. The number of nitrogens with zero attached hydrogens (tertiary/aromatic N) is 2. The Morgan fingerprint density at radius 1 is 0.969 bits per heavy atom. The summed E-state index contributed by atoms with van der Waals surface area (Å²) in [6.07, 6.45) is 8.80. The monoisotopic (exact) mass is 433 g/mol. The largest absolute Gasteiger partial charge is 0.321 e. The Labute approximate surface area is 190 Å². The third-order valence-electron chi connectivity index (χ3n) is 7.70. The molecule has 2 bridgehead atoms. The summed E-state index contributed by atoms with van der Waals surface area (Å²) >= 11 is 0.